The van der Waals surface area contributed by atoms with E-state index in [2.05, 4.69) is 16.0 Å². The van der Waals surface area contributed by atoms with Crippen LogP contribution in [-0.4, -0.2) is 44.3 Å². The third kappa shape index (κ3) is 5.14. The molecule has 98 valence electrons. The van der Waals surface area contributed by atoms with Crippen molar-refractivity contribution in [3.05, 3.63) is 0 Å². The Kier molecular flexibility index (Phi) is 5.93. The largest absolute Gasteiger partial charge is 0.377 e. The van der Waals surface area contributed by atoms with Crippen molar-refractivity contribution in [2.24, 2.45) is 0 Å². The fourth-order valence-electron chi connectivity index (χ4n) is 1.65. The molecule has 0 saturated carbocycles. The van der Waals surface area contributed by atoms with Crippen LogP contribution in [0.25, 0.3) is 0 Å². The molecule has 0 aromatic heterocycles. The van der Waals surface area contributed by atoms with Crippen LogP contribution in [0.5, 0.6) is 0 Å². The van der Waals surface area contributed by atoms with Gasteiger partial charge in [0.25, 0.3) is 0 Å². The van der Waals surface area contributed by atoms with Gasteiger partial charge in [0.15, 0.2) is 0 Å². The summed E-state index contributed by atoms with van der Waals surface area (Å²) < 4.78 is 5.54. The fourth-order valence-corrected chi connectivity index (χ4v) is 1.65. The van der Waals surface area contributed by atoms with Gasteiger partial charge >= 0.3 is 6.03 Å². The molecule has 2 atom stereocenters. The number of rotatable bonds is 4. The second kappa shape index (κ2) is 7.24. The summed E-state index contributed by atoms with van der Waals surface area (Å²) in [5.74, 6) is -0.333. The monoisotopic (exact) mass is 243 g/mol. The number of hydrogen-bond donors (Lipinski definition) is 3. The molecule has 1 rings (SSSR count). The molecule has 0 radical (unpaired) electrons. The van der Waals surface area contributed by atoms with Crippen molar-refractivity contribution in [1.29, 1.82) is 0 Å². The molecule has 0 bridgehead atoms. The van der Waals surface area contributed by atoms with Crippen LogP contribution in [0.4, 0.5) is 4.79 Å². The zero-order chi connectivity index (χ0) is 12.7. The molecule has 1 saturated heterocycles. The summed E-state index contributed by atoms with van der Waals surface area (Å²) >= 11 is 0. The van der Waals surface area contributed by atoms with Gasteiger partial charge in [-0.1, -0.05) is 0 Å². The van der Waals surface area contributed by atoms with Crippen LogP contribution in [0, 0.1) is 0 Å². The number of amides is 3. The Labute approximate surface area is 101 Å². The lowest BCUT2D eigenvalue weighted by Gasteiger charge is -2.24. The Morgan fingerprint density at radius 3 is 2.76 bits per heavy atom. The van der Waals surface area contributed by atoms with Crippen LogP contribution in [0.3, 0.4) is 0 Å². The van der Waals surface area contributed by atoms with E-state index < -0.39 is 12.1 Å². The standard InChI is InChI=1S/C11H21N3O3/c1-8(10(15)14-11(16)12-2)13-7-9-5-3-4-6-17-9/h8-9,13H,3-7H2,1-2H3,(H2,12,14,15,16). The molecule has 0 aromatic rings. The molecule has 1 fully saturated rings. The van der Waals surface area contributed by atoms with Crippen molar-refractivity contribution < 1.29 is 14.3 Å². The summed E-state index contributed by atoms with van der Waals surface area (Å²) in [4.78, 5) is 22.4. The number of imide groups is 1. The third-order valence-corrected chi connectivity index (χ3v) is 2.78. The van der Waals surface area contributed by atoms with Gasteiger partial charge in [-0.15, -0.1) is 0 Å². The molecule has 3 amide bonds. The van der Waals surface area contributed by atoms with Crippen molar-refractivity contribution in [3.63, 3.8) is 0 Å². The van der Waals surface area contributed by atoms with E-state index in [1.807, 2.05) is 0 Å². The maximum atomic E-state index is 11.5. The lowest BCUT2D eigenvalue weighted by Crippen LogP contribution is -2.49. The van der Waals surface area contributed by atoms with Crippen molar-refractivity contribution in [3.8, 4) is 0 Å². The van der Waals surface area contributed by atoms with Crippen molar-refractivity contribution in [2.45, 2.75) is 38.3 Å². The topological polar surface area (TPSA) is 79.5 Å². The minimum Gasteiger partial charge on any atom is -0.377 e. The highest BCUT2D eigenvalue weighted by Crippen LogP contribution is 2.11. The van der Waals surface area contributed by atoms with Crippen molar-refractivity contribution in [2.75, 3.05) is 20.2 Å². The van der Waals surface area contributed by atoms with Gasteiger partial charge in [-0.3, -0.25) is 10.1 Å². The molecular formula is C11H21N3O3. The maximum absolute atomic E-state index is 11.5. The number of urea groups is 1. The Bertz CT molecular complexity index is 265. The van der Waals surface area contributed by atoms with E-state index in [0.717, 1.165) is 19.4 Å². The summed E-state index contributed by atoms with van der Waals surface area (Å²) in [7, 11) is 1.47. The summed E-state index contributed by atoms with van der Waals surface area (Å²) in [5, 5.41) is 7.62. The smallest absolute Gasteiger partial charge is 0.321 e. The second-order valence-corrected chi connectivity index (χ2v) is 4.19. The molecule has 1 heterocycles. The molecule has 6 heteroatoms. The first-order valence-corrected chi connectivity index (χ1v) is 6.01. The van der Waals surface area contributed by atoms with Crippen LogP contribution < -0.4 is 16.0 Å². The number of ether oxygens (including phenoxy) is 1. The summed E-state index contributed by atoms with van der Waals surface area (Å²) in [5.41, 5.74) is 0. The fraction of sp³-hybridized carbons (Fsp3) is 0.818. The van der Waals surface area contributed by atoms with Gasteiger partial charge in [0.05, 0.1) is 12.1 Å². The van der Waals surface area contributed by atoms with Gasteiger partial charge < -0.3 is 15.4 Å². The maximum Gasteiger partial charge on any atom is 0.321 e. The molecule has 6 nitrogen and oxygen atoms in total. The Morgan fingerprint density at radius 2 is 2.18 bits per heavy atom. The summed E-state index contributed by atoms with van der Waals surface area (Å²) in [6, 6.07) is -0.893. The average molecular weight is 243 g/mol. The Morgan fingerprint density at radius 1 is 1.41 bits per heavy atom. The highest BCUT2D eigenvalue weighted by atomic mass is 16.5. The van der Waals surface area contributed by atoms with Gasteiger partial charge in [0.2, 0.25) is 5.91 Å². The lowest BCUT2D eigenvalue weighted by atomic mass is 10.1. The molecule has 0 aromatic carbocycles. The van der Waals surface area contributed by atoms with E-state index in [0.29, 0.717) is 6.54 Å². The Balaban J connectivity index is 2.21. The molecule has 0 aliphatic carbocycles. The van der Waals surface area contributed by atoms with Crippen LogP contribution in [-0.2, 0) is 9.53 Å². The van der Waals surface area contributed by atoms with Gasteiger partial charge in [-0.25, -0.2) is 4.79 Å². The first kappa shape index (κ1) is 13.9. The van der Waals surface area contributed by atoms with Gasteiger partial charge in [-0.05, 0) is 26.2 Å². The zero-order valence-corrected chi connectivity index (χ0v) is 10.4. The Hall–Kier alpha value is -1.14. The van der Waals surface area contributed by atoms with E-state index in [1.54, 1.807) is 6.92 Å². The van der Waals surface area contributed by atoms with Crippen LogP contribution in [0.2, 0.25) is 0 Å². The van der Waals surface area contributed by atoms with E-state index in [1.165, 1.54) is 13.5 Å². The first-order chi connectivity index (χ1) is 8.13. The molecule has 1 aliphatic heterocycles. The predicted octanol–water partition coefficient (Wildman–Crippen LogP) is -0.0108. The van der Waals surface area contributed by atoms with E-state index in [9.17, 15) is 9.59 Å². The number of nitrogens with one attached hydrogen (secondary N) is 3. The summed E-state index contributed by atoms with van der Waals surface area (Å²) in [6.45, 7) is 3.16. The minimum atomic E-state index is -0.488. The van der Waals surface area contributed by atoms with Crippen LogP contribution in [0.1, 0.15) is 26.2 Å². The summed E-state index contributed by atoms with van der Waals surface area (Å²) in [6.07, 6.45) is 3.49. The molecule has 3 N–H and O–H groups in total. The highest BCUT2D eigenvalue weighted by molar-refractivity contribution is 5.96. The van der Waals surface area contributed by atoms with E-state index >= 15 is 0 Å². The van der Waals surface area contributed by atoms with E-state index in [4.69, 9.17) is 4.74 Å². The predicted molar refractivity (Wildman–Crippen MR) is 63.7 cm³/mol. The minimum absolute atomic E-state index is 0.180. The van der Waals surface area contributed by atoms with Crippen LogP contribution in [0.15, 0.2) is 0 Å². The number of carbonyl (C=O) groups excluding carboxylic acids is 2. The third-order valence-electron chi connectivity index (χ3n) is 2.78. The van der Waals surface area contributed by atoms with Gasteiger partial charge in [0, 0.05) is 20.2 Å². The SMILES string of the molecule is CNC(=O)NC(=O)C(C)NCC1CCCCO1. The van der Waals surface area contributed by atoms with Gasteiger partial charge in [-0.2, -0.15) is 0 Å². The molecule has 0 spiro atoms. The molecule has 1 aliphatic rings. The number of hydrogen-bond acceptors (Lipinski definition) is 4. The highest BCUT2D eigenvalue weighted by Gasteiger charge is 2.18. The normalized spacial score (nSPS) is 21.6. The van der Waals surface area contributed by atoms with Crippen LogP contribution >= 0.6 is 0 Å². The van der Waals surface area contributed by atoms with Crippen molar-refractivity contribution >= 4 is 11.9 Å². The molecule has 2 unspecified atom stereocenters. The van der Waals surface area contributed by atoms with Gasteiger partial charge in [0.1, 0.15) is 0 Å². The number of carbonyl (C=O) groups is 2. The second-order valence-electron chi connectivity index (χ2n) is 4.19. The first-order valence-electron chi connectivity index (χ1n) is 6.01. The van der Waals surface area contributed by atoms with E-state index in [-0.39, 0.29) is 12.0 Å². The quantitative estimate of drug-likeness (QED) is 0.649. The zero-order valence-electron chi connectivity index (χ0n) is 10.4. The van der Waals surface area contributed by atoms with Crippen molar-refractivity contribution in [1.82, 2.24) is 16.0 Å². The molecular weight excluding hydrogens is 222 g/mol. The lowest BCUT2D eigenvalue weighted by molar-refractivity contribution is -0.121. The molecule has 17 heavy (non-hydrogen) atoms. The average Bonchev–Trinajstić information content (AvgIpc) is 2.36.